The maximum absolute atomic E-state index is 9.45. The van der Waals surface area contributed by atoms with Crippen LogP contribution in [0.2, 0.25) is 0 Å². The Morgan fingerprint density at radius 3 is 2.57 bits per heavy atom. The lowest BCUT2D eigenvalue weighted by atomic mass is 10.0. The molecule has 2 unspecified atom stereocenters. The van der Waals surface area contributed by atoms with Crippen molar-refractivity contribution in [3.05, 3.63) is 0 Å². The summed E-state index contributed by atoms with van der Waals surface area (Å²) in [7, 11) is 3.76. The lowest BCUT2D eigenvalue weighted by Gasteiger charge is -2.14. The van der Waals surface area contributed by atoms with Gasteiger partial charge in [0.05, 0.1) is 12.7 Å². The van der Waals surface area contributed by atoms with Gasteiger partial charge in [0.25, 0.3) is 0 Å². The smallest absolute Gasteiger partial charge is 0.0776 e. The van der Waals surface area contributed by atoms with E-state index in [0.29, 0.717) is 12.5 Å². The molecule has 0 spiro atoms. The highest BCUT2D eigenvalue weighted by molar-refractivity contribution is 4.75. The molecule has 3 nitrogen and oxygen atoms in total. The number of hydrogen-bond acceptors (Lipinski definition) is 3. The van der Waals surface area contributed by atoms with E-state index in [1.165, 1.54) is 13.0 Å². The van der Waals surface area contributed by atoms with Crippen LogP contribution in [0, 0.1) is 5.92 Å². The SMILES string of the molecule is CC.COCC(O)CC1CCN(C)C1. The number of methoxy groups -OCH3 is 1. The summed E-state index contributed by atoms with van der Waals surface area (Å²) in [5, 5.41) is 9.45. The van der Waals surface area contributed by atoms with Gasteiger partial charge in [-0.2, -0.15) is 0 Å². The van der Waals surface area contributed by atoms with Crippen molar-refractivity contribution >= 4 is 0 Å². The molecule has 86 valence electrons. The van der Waals surface area contributed by atoms with Crippen LogP contribution in [0.5, 0.6) is 0 Å². The van der Waals surface area contributed by atoms with Gasteiger partial charge < -0.3 is 14.7 Å². The van der Waals surface area contributed by atoms with E-state index in [4.69, 9.17) is 4.74 Å². The summed E-state index contributed by atoms with van der Waals surface area (Å²) in [5.41, 5.74) is 0. The van der Waals surface area contributed by atoms with Crippen LogP contribution in [0.4, 0.5) is 0 Å². The van der Waals surface area contributed by atoms with E-state index in [-0.39, 0.29) is 6.10 Å². The molecule has 1 fully saturated rings. The number of rotatable bonds is 4. The van der Waals surface area contributed by atoms with Crippen molar-refractivity contribution < 1.29 is 9.84 Å². The molecule has 1 heterocycles. The number of aliphatic hydroxyl groups excluding tert-OH is 1. The normalized spacial score (nSPS) is 24.2. The molecule has 0 aliphatic carbocycles. The van der Waals surface area contributed by atoms with Crippen LogP contribution < -0.4 is 0 Å². The maximum Gasteiger partial charge on any atom is 0.0776 e. The van der Waals surface area contributed by atoms with E-state index in [1.807, 2.05) is 13.8 Å². The van der Waals surface area contributed by atoms with Gasteiger partial charge in [-0.05, 0) is 32.4 Å². The van der Waals surface area contributed by atoms with E-state index in [2.05, 4.69) is 11.9 Å². The van der Waals surface area contributed by atoms with E-state index >= 15 is 0 Å². The Balaban J connectivity index is 0.000000791. The van der Waals surface area contributed by atoms with Crippen LogP contribution in [0.25, 0.3) is 0 Å². The molecule has 0 radical (unpaired) electrons. The van der Waals surface area contributed by atoms with Crippen molar-refractivity contribution in [3.8, 4) is 0 Å². The number of likely N-dealkylation sites (tertiary alicyclic amines) is 1. The summed E-state index contributed by atoms with van der Waals surface area (Å²) >= 11 is 0. The molecule has 0 aromatic heterocycles. The molecule has 0 aromatic carbocycles. The first-order valence-corrected chi connectivity index (χ1v) is 5.58. The molecule has 0 bridgehead atoms. The third-order valence-electron chi connectivity index (χ3n) is 2.45. The first-order valence-electron chi connectivity index (χ1n) is 5.58. The molecule has 14 heavy (non-hydrogen) atoms. The fourth-order valence-electron chi connectivity index (χ4n) is 1.86. The Hall–Kier alpha value is -0.120. The third-order valence-corrected chi connectivity index (χ3v) is 2.45. The van der Waals surface area contributed by atoms with E-state index < -0.39 is 0 Å². The molecule has 0 aromatic rings. The van der Waals surface area contributed by atoms with Crippen molar-refractivity contribution in [2.24, 2.45) is 5.92 Å². The molecule has 3 heteroatoms. The van der Waals surface area contributed by atoms with Gasteiger partial charge in [-0.1, -0.05) is 13.8 Å². The third kappa shape index (κ3) is 5.58. The van der Waals surface area contributed by atoms with Crippen LogP contribution in [0.1, 0.15) is 26.7 Å². The minimum absolute atomic E-state index is 0.272. The second kappa shape index (κ2) is 8.21. The molecule has 2 atom stereocenters. The fourth-order valence-corrected chi connectivity index (χ4v) is 1.86. The van der Waals surface area contributed by atoms with Gasteiger partial charge in [0.1, 0.15) is 0 Å². The van der Waals surface area contributed by atoms with Gasteiger partial charge in [0.15, 0.2) is 0 Å². The van der Waals surface area contributed by atoms with E-state index in [1.54, 1.807) is 7.11 Å². The average molecular weight is 203 g/mol. The molecule has 0 amide bonds. The Morgan fingerprint density at radius 1 is 1.50 bits per heavy atom. The van der Waals surface area contributed by atoms with Crippen LogP contribution in [-0.4, -0.2) is 50.0 Å². The number of hydrogen-bond donors (Lipinski definition) is 1. The van der Waals surface area contributed by atoms with Gasteiger partial charge in [0.2, 0.25) is 0 Å². The highest BCUT2D eigenvalue weighted by Gasteiger charge is 2.21. The summed E-state index contributed by atoms with van der Waals surface area (Å²) in [5.74, 6) is 0.667. The summed E-state index contributed by atoms with van der Waals surface area (Å²) in [6.45, 7) is 6.77. The van der Waals surface area contributed by atoms with Crippen molar-refractivity contribution in [1.82, 2.24) is 4.90 Å². The Morgan fingerprint density at radius 2 is 2.14 bits per heavy atom. The highest BCUT2D eigenvalue weighted by Crippen LogP contribution is 2.19. The lowest BCUT2D eigenvalue weighted by molar-refractivity contribution is 0.0492. The zero-order chi connectivity index (χ0) is 11.0. The van der Waals surface area contributed by atoms with Crippen LogP contribution >= 0.6 is 0 Å². The molecule has 1 saturated heterocycles. The maximum atomic E-state index is 9.45. The van der Waals surface area contributed by atoms with Gasteiger partial charge in [-0.3, -0.25) is 0 Å². The molecular weight excluding hydrogens is 178 g/mol. The largest absolute Gasteiger partial charge is 0.391 e. The molecule has 1 aliphatic heterocycles. The van der Waals surface area contributed by atoms with Crippen LogP contribution in [-0.2, 0) is 4.74 Å². The Kier molecular flexibility index (Phi) is 8.14. The average Bonchev–Trinajstić information content (AvgIpc) is 2.55. The van der Waals surface area contributed by atoms with Crippen molar-refractivity contribution in [2.75, 3.05) is 33.9 Å². The quantitative estimate of drug-likeness (QED) is 0.749. The zero-order valence-electron chi connectivity index (χ0n) is 9.99. The number of aliphatic hydroxyl groups is 1. The van der Waals surface area contributed by atoms with Gasteiger partial charge in [-0.15, -0.1) is 0 Å². The zero-order valence-corrected chi connectivity index (χ0v) is 9.99. The lowest BCUT2D eigenvalue weighted by Crippen LogP contribution is -2.21. The molecule has 1 rings (SSSR count). The van der Waals surface area contributed by atoms with Crippen LogP contribution in [0.15, 0.2) is 0 Å². The Labute approximate surface area is 88.1 Å². The minimum Gasteiger partial charge on any atom is -0.391 e. The summed E-state index contributed by atoms with van der Waals surface area (Å²) in [6, 6.07) is 0. The van der Waals surface area contributed by atoms with Gasteiger partial charge >= 0.3 is 0 Å². The number of ether oxygens (including phenoxy) is 1. The van der Waals surface area contributed by atoms with E-state index in [0.717, 1.165) is 13.0 Å². The summed E-state index contributed by atoms with van der Waals surface area (Å²) in [6.07, 6.45) is 1.83. The first-order chi connectivity index (χ1) is 6.72. The topological polar surface area (TPSA) is 32.7 Å². The van der Waals surface area contributed by atoms with E-state index in [9.17, 15) is 5.11 Å². The van der Waals surface area contributed by atoms with Gasteiger partial charge in [-0.25, -0.2) is 0 Å². The van der Waals surface area contributed by atoms with Crippen molar-refractivity contribution in [3.63, 3.8) is 0 Å². The predicted molar refractivity (Wildman–Crippen MR) is 59.5 cm³/mol. The molecule has 1 N–H and O–H groups in total. The molecular formula is C11H25NO2. The monoisotopic (exact) mass is 203 g/mol. The van der Waals surface area contributed by atoms with Crippen molar-refractivity contribution in [1.29, 1.82) is 0 Å². The highest BCUT2D eigenvalue weighted by atomic mass is 16.5. The Bertz CT molecular complexity index is 130. The number of nitrogens with zero attached hydrogens (tertiary/aromatic N) is 1. The minimum atomic E-state index is -0.272. The molecule has 0 saturated carbocycles. The fraction of sp³-hybridized carbons (Fsp3) is 1.00. The summed E-state index contributed by atoms with van der Waals surface area (Å²) in [4.78, 5) is 2.31. The van der Waals surface area contributed by atoms with Crippen LogP contribution in [0.3, 0.4) is 0 Å². The second-order valence-electron chi connectivity index (χ2n) is 3.76. The standard InChI is InChI=1S/C9H19NO2.C2H6/c1-10-4-3-8(6-10)5-9(11)7-12-2;1-2/h8-9,11H,3-7H2,1-2H3;1-2H3. The summed E-state index contributed by atoms with van der Waals surface area (Å²) < 4.78 is 4.88. The molecule has 1 aliphatic rings. The van der Waals surface area contributed by atoms with Crippen molar-refractivity contribution in [2.45, 2.75) is 32.8 Å². The van der Waals surface area contributed by atoms with Gasteiger partial charge in [0, 0.05) is 13.7 Å². The predicted octanol–water partition coefficient (Wildman–Crippen LogP) is 1.36. The second-order valence-corrected chi connectivity index (χ2v) is 3.76. The first kappa shape index (κ1) is 13.9.